The summed E-state index contributed by atoms with van der Waals surface area (Å²) in [5, 5.41) is 8.98. The van der Waals surface area contributed by atoms with E-state index < -0.39 is 11.6 Å². The van der Waals surface area contributed by atoms with Crippen molar-refractivity contribution in [1.82, 2.24) is 10.6 Å². The van der Waals surface area contributed by atoms with E-state index >= 15 is 0 Å². The number of aliphatic imine (C=N–C) groups is 1. The molecule has 0 bridgehead atoms. The number of hydrogen-bond acceptors (Lipinski definition) is 2. The van der Waals surface area contributed by atoms with Crippen molar-refractivity contribution in [2.24, 2.45) is 4.99 Å². The Morgan fingerprint density at radius 2 is 1.81 bits per heavy atom. The van der Waals surface area contributed by atoms with E-state index in [1.807, 2.05) is 31.2 Å². The Kier molecular flexibility index (Phi) is 7.73. The predicted octanol–water partition coefficient (Wildman–Crippen LogP) is 3.22. The van der Waals surface area contributed by atoms with Crippen molar-refractivity contribution in [2.75, 3.05) is 18.4 Å². The molecule has 144 valence electrons. The van der Waals surface area contributed by atoms with Gasteiger partial charge in [0.05, 0.1) is 6.54 Å². The summed E-state index contributed by atoms with van der Waals surface area (Å²) in [6.07, 6.45) is 0.749. The zero-order valence-corrected chi connectivity index (χ0v) is 15.5. The van der Waals surface area contributed by atoms with E-state index in [2.05, 4.69) is 20.9 Å². The van der Waals surface area contributed by atoms with Crippen molar-refractivity contribution in [3.05, 3.63) is 65.2 Å². The average Bonchev–Trinajstić information content (AvgIpc) is 2.63. The van der Waals surface area contributed by atoms with Crippen LogP contribution in [-0.4, -0.2) is 25.0 Å². The fraction of sp³-hybridized carbons (Fsp3) is 0.300. The van der Waals surface area contributed by atoms with Crippen molar-refractivity contribution in [3.63, 3.8) is 0 Å². The van der Waals surface area contributed by atoms with Crippen molar-refractivity contribution in [2.45, 2.75) is 26.8 Å². The van der Waals surface area contributed by atoms with Crippen LogP contribution in [0.4, 0.5) is 14.5 Å². The topological polar surface area (TPSA) is 65.5 Å². The van der Waals surface area contributed by atoms with Crippen LogP contribution in [0.2, 0.25) is 0 Å². The third-order valence-electron chi connectivity index (χ3n) is 3.74. The second-order valence-corrected chi connectivity index (χ2v) is 5.99. The fourth-order valence-corrected chi connectivity index (χ4v) is 2.45. The predicted molar refractivity (Wildman–Crippen MR) is 104 cm³/mol. The number of amides is 1. The molecule has 0 aliphatic heterocycles. The maximum Gasteiger partial charge on any atom is 0.221 e. The van der Waals surface area contributed by atoms with Crippen LogP contribution >= 0.6 is 0 Å². The van der Waals surface area contributed by atoms with Gasteiger partial charge in [0, 0.05) is 31.3 Å². The third-order valence-corrected chi connectivity index (χ3v) is 3.74. The van der Waals surface area contributed by atoms with Gasteiger partial charge < -0.3 is 16.0 Å². The summed E-state index contributed by atoms with van der Waals surface area (Å²) >= 11 is 0. The van der Waals surface area contributed by atoms with Gasteiger partial charge in [0.2, 0.25) is 5.91 Å². The molecule has 0 fully saturated rings. The fourth-order valence-electron chi connectivity index (χ4n) is 2.45. The molecule has 3 N–H and O–H groups in total. The summed E-state index contributed by atoms with van der Waals surface area (Å²) in [5.41, 5.74) is 2.07. The minimum absolute atomic E-state index is 0.0460. The van der Waals surface area contributed by atoms with E-state index in [4.69, 9.17) is 0 Å². The summed E-state index contributed by atoms with van der Waals surface area (Å²) in [6.45, 7) is 4.72. The van der Waals surface area contributed by atoms with Crippen molar-refractivity contribution in [1.29, 1.82) is 0 Å². The molecule has 0 atom stereocenters. The molecule has 0 aliphatic carbocycles. The van der Waals surface area contributed by atoms with Crippen molar-refractivity contribution >= 4 is 17.6 Å². The zero-order valence-electron chi connectivity index (χ0n) is 15.5. The van der Waals surface area contributed by atoms with Gasteiger partial charge in [-0.1, -0.05) is 12.1 Å². The molecule has 0 spiro atoms. The third kappa shape index (κ3) is 7.05. The van der Waals surface area contributed by atoms with E-state index in [-0.39, 0.29) is 18.0 Å². The Labute approximate surface area is 157 Å². The first-order valence-electron chi connectivity index (χ1n) is 8.80. The summed E-state index contributed by atoms with van der Waals surface area (Å²) < 4.78 is 26.9. The number of anilines is 1. The molecule has 5 nitrogen and oxygen atoms in total. The van der Waals surface area contributed by atoms with Gasteiger partial charge in [-0.05, 0) is 49.2 Å². The monoisotopic (exact) mass is 374 g/mol. The van der Waals surface area contributed by atoms with E-state index in [1.165, 1.54) is 6.92 Å². The molecule has 0 aromatic heterocycles. The number of hydrogen-bond donors (Lipinski definition) is 3. The second-order valence-electron chi connectivity index (χ2n) is 5.99. The molecular formula is C20H24F2N4O. The highest BCUT2D eigenvalue weighted by atomic mass is 19.1. The normalized spacial score (nSPS) is 11.2. The second kappa shape index (κ2) is 10.3. The SMILES string of the molecule is CCNC(=NCc1cc(F)ccc1F)NCCc1ccc(NC(C)=O)cc1. The molecule has 2 aromatic carbocycles. The summed E-state index contributed by atoms with van der Waals surface area (Å²) in [6, 6.07) is 10.9. The Hall–Kier alpha value is -2.96. The van der Waals surface area contributed by atoms with E-state index in [0.717, 1.165) is 35.9 Å². The molecule has 0 unspecified atom stereocenters. The smallest absolute Gasteiger partial charge is 0.221 e. The molecule has 0 heterocycles. The van der Waals surface area contributed by atoms with Gasteiger partial charge in [0.25, 0.3) is 0 Å². The summed E-state index contributed by atoms with van der Waals surface area (Å²) in [4.78, 5) is 15.3. The summed E-state index contributed by atoms with van der Waals surface area (Å²) in [7, 11) is 0. The van der Waals surface area contributed by atoms with Crippen LogP contribution in [-0.2, 0) is 17.8 Å². The Bertz CT molecular complexity index is 791. The highest BCUT2D eigenvalue weighted by Gasteiger charge is 2.04. The lowest BCUT2D eigenvalue weighted by Crippen LogP contribution is -2.38. The first-order valence-corrected chi connectivity index (χ1v) is 8.80. The molecular weight excluding hydrogens is 350 g/mol. The van der Waals surface area contributed by atoms with Crippen molar-refractivity contribution < 1.29 is 13.6 Å². The first kappa shape index (κ1) is 20.4. The lowest BCUT2D eigenvalue weighted by molar-refractivity contribution is -0.114. The number of nitrogens with zero attached hydrogens (tertiary/aromatic N) is 1. The number of carbonyl (C=O) groups is 1. The highest BCUT2D eigenvalue weighted by Crippen LogP contribution is 2.11. The number of halogens is 2. The van der Waals surface area contributed by atoms with Crippen LogP contribution in [0.1, 0.15) is 25.0 Å². The van der Waals surface area contributed by atoms with Crippen LogP contribution in [0.3, 0.4) is 0 Å². The Morgan fingerprint density at radius 1 is 1.07 bits per heavy atom. The van der Waals surface area contributed by atoms with Crippen LogP contribution in [0.15, 0.2) is 47.5 Å². The highest BCUT2D eigenvalue weighted by molar-refractivity contribution is 5.88. The first-order chi connectivity index (χ1) is 13.0. The largest absolute Gasteiger partial charge is 0.357 e. The lowest BCUT2D eigenvalue weighted by atomic mass is 10.1. The van der Waals surface area contributed by atoms with E-state index in [1.54, 1.807) is 0 Å². The van der Waals surface area contributed by atoms with Gasteiger partial charge in [-0.2, -0.15) is 0 Å². The van der Waals surface area contributed by atoms with Gasteiger partial charge >= 0.3 is 0 Å². The Balaban J connectivity index is 1.90. The Morgan fingerprint density at radius 3 is 2.48 bits per heavy atom. The summed E-state index contributed by atoms with van der Waals surface area (Å²) in [5.74, 6) is -0.529. The molecule has 0 saturated carbocycles. The minimum atomic E-state index is -0.484. The van der Waals surface area contributed by atoms with Crippen LogP contribution in [0, 0.1) is 11.6 Å². The van der Waals surface area contributed by atoms with Gasteiger partial charge in [-0.3, -0.25) is 4.79 Å². The molecule has 0 saturated heterocycles. The van der Waals surface area contributed by atoms with Gasteiger partial charge in [-0.15, -0.1) is 0 Å². The van der Waals surface area contributed by atoms with Gasteiger partial charge in [-0.25, -0.2) is 13.8 Å². The zero-order chi connectivity index (χ0) is 19.6. The number of rotatable bonds is 7. The maximum atomic E-state index is 13.7. The van der Waals surface area contributed by atoms with Crippen LogP contribution in [0.5, 0.6) is 0 Å². The quantitative estimate of drug-likeness (QED) is 0.515. The van der Waals surface area contributed by atoms with Gasteiger partial charge in [0.15, 0.2) is 5.96 Å². The number of guanidine groups is 1. The van der Waals surface area contributed by atoms with Crippen LogP contribution < -0.4 is 16.0 Å². The number of benzene rings is 2. The van der Waals surface area contributed by atoms with Gasteiger partial charge in [0.1, 0.15) is 11.6 Å². The molecule has 2 rings (SSSR count). The average molecular weight is 374 g/mol. The van der Waals surface area contributed by atoms with E-state index in [9.17, 15) is 13.6 Å². The molecule has 0 radical (unpaired) electrons. The standard InChI is InChI=1S/C20H24F2N4O/c1-3-23-20(25-13-16-12-17(21)6-9-19(16)22)24-11-10-15-4-7-18(8-5-15)26-14(2)27/h4-9,12H,3,10-11,13H2,1-2H3,(H,26,27)(H2,23,24,25). The van der Waals surface area contributed by atoms with Crippen LogP contribution in [0.25, 0.3) is 0 Å². The molecule has 2 aromatic rings. The molecule has 1 amide bonds. The molecule has 7 heteroatoms. The number of nitrogens with one attached hydrogen (secondary N) is 3. The lowest BCUT2D eigenvalue weighted by Gasteiger charge is -2.12. The van der Waals surface area contributed by atoms with Crippen molar-refractivity contribution in [3.8, 4) is 0 Å². The minimum Gasteiger partial charge on any atom is -0.357 e. The molecule has 0 aliphatic rings. The maximum absolute atomic E-state index is 13.7. The number of carbonyl (C=O) groups excluding carboxylic acids is 1. The molecule has 27 heavy (non-hydrogen) atoms. The van der Waals surface area contributed by atoms with E-state index in [0.29, 0.717) is 19.0 Å².